The molecule has 0 saturated heterocycles. The van der Waals surface area contributed by atoms with Gasteiger partial charge in [-0.05, 0) is 19.1 Å². The number of fused-ring (bicyclic) bond motifs is 1. The number of carbonyl (C=O) groups is 1. The van der Waals surface area contributed by atoms with E-state index in [1.54, 1.807) is 31.3 Å². The molecule has 0 atom stereocenters. The first-order chi connectivity index (χ1) is 10.1. The smallest absolute Gasteiger partial charge is 0.261 e. The first kappa shape index (κ1) is 13.2. The Hall–Kier alpha value is -2.83. The van der Waals surface area contributed by atoms with Crippen LogP contribution >= 0.6 is 0 Å². The summed E-state index contributed by atoms with van der Waals surface area (Å²) in [4.78, 5) is 23.9. The highest BCUT2D eigenvalue weighted by molar-refractivity contribution is 5.89. The number of amides is 1. The topological polar surface area (TPSA) is 90.3 Å². The van der Waals surface area contributed by atoms with E-state index in [1.807, 2.05) is 0 Å². The predicted molar refractivity (Wildman–Crippen MR) is 75.0 cm³/mol. The normalized spacial score (nSPS) is 10.9. The summed E-state index contributed by atoms with van der Waals surface area (Å²) < 4.78 is 11.5. The molecule has 3 aromatic heterocycles. The third-order valence-corrected chi connectivity index (χ3v) is 3.07. The minimum absolute atomic E-state index is 0.162. The number of hydrogen-bond donors (Lipinski definition) is 1. The van der Waals surface area contributed by atoms with Crippen molar-refractivity contribution in [2.45, 2.75) is 19.9 Å². The number of furan rings is 1. The lowest BCUT2D eigenvalue weighted by Crippen LogP contribution is -2.22. The second-order valence-electron chi connectivity index (χ2n) is 4.63. The van der Waals surface area contributed by atoms with Crippen molar-refractivity contribution in [2.75, 3.05) is 5.32 Å². The van der Waals surface area contributed by atoms with Crippen LogP contribution in [-0.2, 0) is 11.3 Å². The second kappa shape index (κ2) is 5.28. The summed E-state index contributed by atoms with van der Waals surface area (Å²) in [7, 11) is 0. The van der Waals surface area contributed by atoms with Crippen LogP contribution in [0.2, 0.25) is 0 Å². The monoisotopic (exact) mass is 287 g/mol. The molecule has 21 heavy (non-hydrogen) atoms. The zero-order chi connectivity index (χ0) is 14.8. The van der Waals surface area contributed by atoms with E-state index in [-0.39, 0.29) is 24.4 Å². The molecule has 0 aliphatic heterocycles. The number of aryl methyl sites for hydroxylation is 2. The SMILES string of the molecule is Cc1cc(NC(=O)CCn2ccc3occc3c2=O)no1. The summed E-state index contributed by atoms with van der Waals surface area (Å²) in [5, 5.41) is 6.79. The van der Waals surface area contributed by atoms with Gasteiger partial charge in [0.25, 0.3) is 5.56 Å². The third-order valence-electron chi connectivity index (χ3n) is 3.07. The van der Waals surface area contributed by atoms with E-state index in [9.17, 15) is 9.59 Å². The van der Waals surface area contributed by atoms with Gasteiger partial charge in [0.05, 0.1) is 11.6 Å². The van der Waals surface area contributed by atoms with Gasteiger partial charge in [0, 0.05) is 25.2 Å². The average Bonchev–Trinajstić information content (AvgIpc) is 3.07. The highest BCUT2D eigenvalue weighted by Crippen LogP contribution is 2.10. The highest BCUT2D eigenvalue weighted by Gasteiger charge is 2.09. The predicted octanol–water partition coefficient (Wildman–Crippen LogP) is 1.92. The quantitative estimate of drug-likeness (QED) is 0.791. The number of aromatic nitrogens is 2. The van der Waals surface area contributed by atoms with Crippen molar-refractivity contribution in [3.63, 3.8) is 0 Å². The van der Waals surface area contributed by atoms with E-state index >= 15 is 0 Å². The van der Waals surface area contributed by atoms with Crippen molar-refractivity contribution in [1.29, 1.82) is 0 Å². The largest absolute Gasteiger partial charge is 0.464 e. The Morgan fingerprint density at radius 3 is 3.05 bits per heavy atom. The van der Waals surface area contributed by atoms with Gasteiger partial charge in [-0.1, -0.05) is 5.16 Å². The van der Waals surface area contributed by atoms with E-state index in [2.05, 4.69) is 10.5 Å². The number of nitrogens with one attached hydrogen (secondary N) is 1. The van der Waals surface area contributed by atoms with Gasteiger partial charge in [-0.2, -0.15) is 0 Å². The van der Waals surface area contributed by atoms with Gasteiger partial charge in [0.1, 0.15) is 11.3 Å². The van der Waals surface area contributed by atoms with Gasteiger partial charge in [0.15, 0.2) is 5.82 Å². The van der Waals surface area contributed by atoms with Crippen molar-refractivity contribution < 1.29 is 13.7 Å². The molecule has 3 aromatic rings. The molecule has 0 aromatic carbocycles. The summed E-state index contributed by atoms with van der Waals surface area (Å²) in [5.74, 6) is 0.754. The lowest BCUT2D eigenvalue weighted by molar-refractivity contribution is -0.116. The molecule has 0 bridgehead atoms. The molecule has 108 valence electrons. The van der Waals surface area contributed by atoms with Crippen LogP contribution in [0.1, 0.15) is 12.2 Å². The Morgan fingerprint density at radius 1 is 1.43 bits per heavy atom. The average molecular weight is 287 g/mol. The molecule has 7 heteroatoms. The maximum atomic E-state index is 12.1. The molecule has 0 aliphatic rings. The van der Waals surface area contributed by atoms with Gasteiger partial charge in [-0.15, -0.1) is 0 Å². The lowest BCUT2D eigenvalue weighted by Gasteiger charge is -2.05. The number of carbonyl (C=O) groups excluding carboxylic acids is 1. The Bertz CT molecular complexity index is 843. The number of nitrogens with zero attached hydrogens (tertiary/aromatic N) is 2. The van der Waals surface area contributed by atoms with Crippen LogP contribution in [0.25, 0.3) is 11.0 Å². The minimum atomic E-state index is -0.234. The third kappa shape index (κ3) is 2.71. The van der Waals surface area contributed by atoms with Gasteiger partial charge in [-0.25, -0.2) is 0 Å². The molecule has 0 spiro atoms. The Labute approximate surface area is 119 Å². The fourth-order valence-corrected chi connectivity index (χ4v) is 2.04. The molecule has 1 amide bonds. The van der Waals surface area contributed by atoms with Crippen molar-refractivity contribution in [3.8, 4) is 0 Å². The van der Waals surface area contributed by atoms with Crippen molar-refractivity contribution in [3.05, 3.63) is 46.8 Å². The van der Waals surface area contributed by atoms with Crippen LogP contribution in [0, 0.1) is 6.92 Å². The van der Waals surface area contributed by atoms with Gasteiger partial charge in [-0.3, -0.25) is 9.59 Å². The number of hydrogen-bond acceptors (Lipinski definition) is 5. The molecule has 0 aliphatic carbocycles. The molecule has 7 nitrogen and oxygen atoms in total. The van der Waals surface area contributed by atoms with Crippen molar-refractivity contribution >= 4 is 22.7 Å². The summed E-state index contributed by atoms with van der Waals surface area (Å²) in [6.45, 7) is 2.02. The number of anilines is 1. The Kier molecular flexibility index (Phi) is 3.31. The van der Waals surface area contributed by atoms with Crippen molar-refractivity contribution in [2.24, 2.45) is 0 Å². The zero-order valence-corrected chi connectivity index (χ0v) is 11.3. The summed E-state index contributed by atoms with van der Waals surface area (Å²) in [6.07, 6.45) is 3.24. The molecular formula is C14H13N3O4. The highest BCUT2D eigenvalue weighted by atomic mass is 16.5. The molecule has 3 heterocycles. The van der Waals surface area contributed by atoms with E-state index in [0.29, 0.717) is 22.5 Å². The minimum Gasteiger partial charge on any atom is -0.464 e. The maximum Gasteiger partial charge on any atom is 0.261 e. The molecule has 0 fully saturated rings. The fourth-order valence-electron chi connectivity index (χ4n) is 2.04. The molecule has 0 unspecified atom stereocenters. The second-order valence-corrected chi connectivity index (χ2v) is 4.63. The van der Waals surface area contributed by atoms with Gasteiger partial charge >= 0.3 is 0 Å². The Morgan fingerprint density at radius 2 is 2.29 bits per heavy atom. The van der Waals surface area contributed by atoms with Crippen LogP contribution in [0.3, 0.4) is 0 Å². The van der Waals surface area contributed by atoms with E-state index in [4.69, 9.17) is 8.94 Å². The van der Waals surface area contributed by atoms with Gasteiger partial charge < -0.3 is 18.8 Å². The van der Waals surface area contributed by atoms with Crippen LogP contribution in [0.15, 0.2) is 44.4 Å². The molecule has 0 radical (unpaired) electrons. The fraction of sp³-hybridized carbons (Fsp3) is 0.214. The standard InChI is InChI=1S/C14H13N3O4/c1-9-8-12(16-21-9)15-13(18)3-6-17-5-2-11-10(14(17)19)4-7-20-11/h2,4-5,7-8H,3,6H2,1H3,(H,15,16,18). The first-order valence-corrected chi connectivity index (χ1v) is 6.43. The Balaban J connectivity index is 1.67. The first-order valence-electron chi connectivity index (χ1n) is 6.43. The van der Waals surface area contributed by atoms with E-state index in [1.165, 1.54) is 10.8 Å². The molecule has 0 saturated carbocycles. The van der Waals surface area contributed by atoms with Crippen LogP contribution in [0.4, 0.5) is 5.82 Å². The van der Waals surface area contributed by atoms with Crippen LogP contribution < -0.4 is 10.9 Å². The number of rotatable bonds is 4. The number of pyridine rings is 1. The van der Waals surface area contributed by atoms with Crippen LogP contribution in [0.5, 0.6) is 0 Å². The lowest BCUT2D eigenvalue weighted by atomic mass is 10.3. The summed E-state index contributed by atoms with van der Waals surface area (Å²) in [5.41, 5.74) is 0.366. The van der Waals surface area contributed by atoms with E-state index in [0.717, 1.165) is 0 Å². The van der Waals surface area contributed by atoms with Crippen LogP contribution in [-0.4, -0.2) is 15.6 Å². The molecule has 3 rings (SSSR count). The summed E-state index contributed by atoms with van der Waals surface area (Å²) >= 11 is 0. The molecular weight excluding hydrogens is 274 g/mol. The molecule has 1 N–H and O–H groups in total. The maximum absolute atomic E-state index is 12.1. The van der Waals surface area contributed by atoms with Gasteiger partial charge in [0.2, 0.25) is 5.91 Å². The van der Waals surface area contributed by atoms with Crippen molar-refractivity contribution in [1.82, 2.24) is 9.72 Å². The van der Waals surface area contributed by atoms with E-state index < -0.39 is 0 Å². The zero-order valence-electron chi connectivity index (χ0n) is 11.3. The summed E-state index contributed by atoms with van der Waals surface area (Å²) in [6, 6.07) is 4.95.